The van der Waals surface area contributed by atoms with Gasteiger partial charge in [-0.05, 0) is 25.0 Å². The van der Waals surface area contributed by atoms with Crippen LogP contribution in [0.4, 0.5) is 0 Å². The van der Waals surface area contributed by atoms with Crippen molar-refractivity contribution in [2.24, 2.45) is 10.7 Å². The molecule has 0 atom stereocenters. The highest BCUT2D eigenvalue weighted by molar-refractivity contribution is 5.97. The van der Waals surface area contributed by atoms with Gasteiger partial charge in [0.2, 0.25) is 11.9 Å². The number of rotatable bonds is 3. The van der Waals surface area contributed by atoms with Crippen molar-refractivity contribution < 1.29 is 4.79 Å². The van der Waals surface area contributed by atoms with Crippen molar-refractivity contribution >= 4 is 11.9 Å². The summed E-state index contributed by atoms with van der Waals surface area (Å²) >= 11 is 0. The Morgan fingerprint density at radius 1 is 1.12 bits per heavy atom. The highest BCUT2D eigenvalue weighted by Crippen LogP contribution is 2.26. The zero-order valence-corrected chi connectivity index (χ0v) is 14.1. The van der Waals surface area contributed by atoms with E-state index in [4.69, 9.17) is 5.73 Å². The maximum Gasteiger partial charge on any atom is 0.245 e. The molecule has 0 radical (unpaired) electrons. The van der Waals surface area contributed by atoms with Gasteiger partial charge in [-0.2, -0.15) is 4.99 Å². The van der Waals surface area contributed by atoms with Gasteiger partial charge in [0.1, 0.15) is 0 Å². The molecule has 1 aromatic heterocycles. The minimum atomic E-state index is -0.276. The summed E-state index contributed by atoms with van der Waals surface area (Å²) < 4.78 is 2.03. The molecule has 0 saturated heterocycles. The van der Waals surface area contributed by atoms with Gasteiger partial charge in [-0.25, -0.2) is 5.01 Å². The lowest BCUT2D eigenvalue weighted by Crippen LogP contribution is -2.52. The SMILES string of the molecule is CC(=O)/N=C(\N)N(C1CCCCC1)n1cccc1-c1ccccc1. The molecule has 0 unspecified atom stereocenters. The first-order valence-corrected chi connectivity index (χ1v) is 8.54. The van der Waals surface area contributed by atoms with Crippen LogP contribution in [0.25, 0.3) is 11.3 Å². The average molecular weight is 324 g/mol. The standard InChI is InChI=1S/C19H24N4O/c1-15(24)21-19(20)23(17-11-6-3-7-12-17)22-14-8-13-18(22)16-9-4-2-5-10-16/h2,4-5,8-10,13-14,17H,3,6-7,11-12H2,1H3,(H2,20,21,24). The van der Waals surface area contributed by atoms with Gasteiger partial charge < -0.3 is 5.73 Å². The molecule has 126 valence electrons. The lowest BCUT2D eigenvalue weighted by molar-refractivity contribution is -0.115. The van der Waals surface area contributed by atoms with E-state index < -0.39 is 0 Å². The normalized spacial score (nSPS) is 16.1. The number of hydrogen-bond acceptors (Lipinski definition) is 1. The number of guanidine groups is 1. The van der Waals surface area contributed by atoms with Crippen molar-refractivity contribution in [1.29, 1.82) is 0 Å². The molecule has 2 N–H and O–H groups in total. The number of aromatic nitrogens is 1. The zero-order chi connectivity index (χ0) is 16.9. The highest BCUT2D eigenvalue weighted by atomic mass is 16.1. The van der Waals surface area contributed by atoms with E-state index in [9.17, 15) is 4.79 Å². The predicted octanol–water partition coefficient (Wildman–Crippen LogP) is 3.29. The van der Waals surface area contributed by atoms with Crippen LogP contribution in [0.3, 0.4) is 0 Å². The van der Waals surface area contributed by atoms with Crippen LogP contribution in [0.5, 0.6) is 0 Å². The van der Waals surface area contributed by atoms with Crippen molar-refractivity contribution in [3.8, 4) is 11.3 Å². The van der Waals surface area contributed by atoms with Crippen LogP contribution in [0.1, 0.15) is 39.0 Å². The molecule has 5 nitrogen and oxygen atoms in total. The molecule has 24 heavy (non-hydrogen) atoms. The average Bonchev–Trinajstić information content (AvgIpc) is 3.05. The molecule has 1 saturated carbocycles. The molecular weight excluding hydrogens is 300 g/mol. The number of aliphatic imine (C=N–C) groups is 1. The number of amides is 1. The molecule has 1 heterocycles. The quantitative estimate of drug-likeness (QED) is 0.696. The van der Waals surface area contributed by atoms with Crippen molar-refractivity contribution in [2.45, 2.75) is 45.1 Å². The van der Waals surface area contributed by atoms with Gasteiger partial charge in [-0.1, -0.05) is 49.6 Å². The Morgan fingerprint density at radius 3 is 2.50 bits per heavy atom. The molecule has 5 heteroatoms. The number of benzene rings is 1. The van der Waals surface area contributed by atoms with E-state index in [1.807, 2.05) is 40.1 Å². The van der Waals surface area contributed by atoms with Gasteiger partial charge in [0.25, 0.3) is 0 Å². The Kier molecular flexibility index (Phi) is 4.99. The largest absolute Gasteiger partial charge is 0.368 e. The lowest BCUT2D eigenvalue weighted by atomic mass is 9.95. The second-order valence-electron chi connectivity index (χ2n) is 6.23. The molecular formula is C19H24N4O. The van der Waals surface area contributed by atoms with E-state index >= 15 is 0 Å². The summed E-state index contributed by atoms with van der Waals surface area (Å²) in [7, 11) is 0. The summed E-state index contributed by atoms with van der Waals surface area (Å²) in [6.07, 6.45) is 7.71. The van der Waals surface area contributed by atoms with Gasteiger partial charge >= 0.3 is 0 Å². The van der Waals surface area contributed by atoms with Crippen LogP contribution in [0.15, 0.2) is 53.7 Å². The summed E-state index contributed by atoms with van der Waals surface area (Å²) in [5.41, 5.74) is 8.38. The maximum absolute atomic E-state index is 11.5. The Balaban J connectivity index is 2.03. The van der Waals surface area contributed by atoms with Crippen LogP contribution in [0.2, 0.25) is 0 Å². The third-order valence-electron chi connectivity index (χ3n) is 4.46. The number of carbonyl (C=O) groups excluding carboxylic acids is 1. The summed E-state index contributed by atoms with van der Waals surface area (Å²) in [6, 6.07) is 14.5. The first kappa shape index (κ1) is 16.3. The van der Waals surface area contributed by atoms with E-state index in [1.165, 1.54) is 26.2 Å². The summed E-state index contributed by atoms with van der Waals surface area (Å²) in [5, 5.41) is 1.99. The molecule has 2 aromatic rings. The Morgan fingerprint density at radius 2 is 1.83 bits per heavy atom. The molecule has 0 aliphatic heterocycles. The number of nitrogens with two attached hydrogens (primary N) is 1. The molecule has 1 aliphatic carbocycles. The third-order valence-corrected chi connectivity index (χ3v) is 4.46. The van der Waals surface area contributed by atoms with Crippen LogP contribution in [0, 0.1) is 0 Å². The Bertz CT molecular complexity index is 714. The highest BCUT2D eigenvalue weighted by Gasteiger charge is 2.26. The van der Waals surface area contributed by atoms with Crippen LogP contribution in [-0.4, -0.2) is 22.6 Å². The second-order valence-corrected chi connectivity index (χ2v) is 6.23. The fourth-order valence-corrected chi connectivity index (χ4v) is 3.41. The van der Waals surface area contributed by atoms with Crippen molar-refractivity contribution in [3.63, 3.8) is 0 Å². The predicted molar refractivity (Wildman–Crippen MR) is 97.3 cm³/mol. The van der Waals surface area contributed by atoms with Gasteiger partial charge in [0.15, 0.2) is 0 Å². The molecule has 1 amide bonds. The van der Waals surface area contributed by atoms with Crippen molar-refractivity contribution in [2.75, 3.05) is 5.01 Å². The molecule has 1 aromatic carbocycles. The summed E-state index contributed by atoms with van der Waals surface area (Å²) in [5.74, 6) is -0.00972. The van der Waals surface area contributed by atoms with Crippen LogP contribution >= 0.6 is 0 Å². The molecule has 0 spiro atoms. The maximum atomic E-state index is 11.5. The fourth-order valence-electron chi connectivity index (χ4n) is 3.41. The molecule has 3 rings (SSSR count). The van der Waals surface area contributed by atoms with Gasteiger partial charge in [0, 0.05) is 18.7 Å². The number of hydrogen-bond donors (Lipinski definition) is 1. The number of carbonyl (C=O) groups is 1. The minimum absolute atomic E-state index is 0.261. The molecule has 1 fully saturated rings. The first-order chi connectivity index (χ1) is 11.7. The Hall–Kier alpha value is -2.56. The lowest BCUT2D eigenvalue weighted by Gasteiger charge is -2.36. The fraction of sp³-hybridized carbons (Fsp3) is 0.368. The van der Waals surface area contributed by atoms with Gasteiger partial charge in [-0.3, -0.25) is 9.47 Å². The van der Waals surface area contributed by atoms with Crippen molar-refractivity contribution in [1.82, 2.24) is 4.68 Å². The monoisotopic (exact) mass is 324 g/mol. The number of nitrogens with zero attached hydrogens (tertiary/aromatic N) is 3. The van der Waals surface area contributed by atoms with E-state index in [-0.39, 0.29) is 17.9 Å². The Labute approximate surface area is 142 Å². The summed E-state index contributed by atoms with van der Waals surface area (Å²) in [4.78, 5) is 15.5. The van der Waals surface area contributed by atoms with Gasteiger partial charge in [-0.15, -0.1) is 0 Å². The van der Waals surface area contributed by atoms with E-state index in [0.717, 1.165) is 24.1 Å². The zero-order valence-electron chi connectivity index (χ0n) is 14.1. The minimum Gasteiger partial charge on any atom is -0.368 e. The first-order valence-electron chi connectivity index (χ1n) is 8.54. The third kappa shape index (κ3) is 3.50. The van der Waals surface area contributed by atoms with E-state index in [1.54, 1.807) is 0 Å². The topological polar surface area (TPSA) is 63.6 Å². The molecule has 0 bridgehead atoms. The van der Waals surface area contributed by atoms with Crippen molar-refractivity contribution in [3.05, 3.63) is 48.7 Å². The second kappa shape index (κ2) is 7.34. The molecule has 1 aliphatic rings. The smallest absolute Gasteiger partial charge is 0.245 e. The van der Waals surface area contributed by atoms with Crippen LogP contribution < -0.4 is 10.7 Å². The van der Waals surface area contributed by atoms with E-state index in [2.05, 4.69) is 23.2 Å². The van der Waals surface area contributed by atoms with E-state index in [0.29, 0.717) is 0 Å². The summed E-state index contributed by atoms with van der Waals surface area (Å²) in [6.45, 7) is 1.43. The van der Waals surface area contributed by atoms with Crippen LogP contribution in [-0.2, 0) is 4.79 Å². The van der Waals surface area contributed by atoms with Gasteiger partial charge in [0.05, 0.1) is 11.7 Å².